The molecule has 0 spiro atoms. The third-order valence-electron chi connectivity index (χ3n) is 2.20. The second kappa shape index (κ2) is 3.42. The molecule has 0 radical (unpaired) electrons. The van der Waals surface area contributed by atoms with Crippen molar-refractivity contribution in [3.8, 4) is 0 Å². The summed E-state index contributed by atoms with van der Waals surface area (Å²) in [6.45, 7) is 4.01. The predicted octanol–water partition coefficient (Wildman–Crippen LogP) is 1.53. The lowest BCUT2D eigenvalue weighted by Gasteiger charge is -2.04. The van der Waals surface area contributed by atoms with E-state index >= 15 is 0 Å². The van der Waals surface area contributed by atoms with Gasteiger partial charge in [0.25, 0.3) is 0 Å². The molecule has 0 saturated carbocycles. The molecule has 0 aliphatic carbocycles. The zero-order chi connectivity index (χ0) is 10.1. The van der Waals surface area contributed by atoms with Gasteiger partial charge >= 0.3 is 0 Å². The van der Waals surface area contributed by atoms with Crippen molar-refractivity contribution in [3.63, 3.8) is 0 Å². The number of nitrogens with two attached hydrogens (primary N) is 1. The average Bonchev–Trinajstić information content (AvgIpc) is 2.42. The maximum atomic E-state index is 5.74. The molecule has 0 amide bonds. The van der Waals surface area contributed by atoms with Crippen LogP contribution in [0.5, 0.6) is 0 Å². The molecule has 2 aromatic rings. The lowest BCUT2D eigenvalue weighted by Crippen LogP contribution is -2.17. The first-order valence-corrected chi connectivity index (χ1v) is 4.85. The Labute approximate surface area is 83.5 Å². The molecule has 2 N–H and O–H groups in total. The van der Waals surface area contributed by atoms with Gasteiger partial charge in [-0.05, 0) is 38.0 Å². The van der Waals surface area contributed by atoms with Crippen LogP contribution in [0.25, 0.3) is 5.52 Å². The number of fused-ring (bicyclic) bond motifs is 1. The van der Waals surface area contributed by atoms with Crippen LogP contribution in [0.3, 0.4) is 0 Å². The number of aryl methyl sites for hydroxylation is 1. The molecule has 14 heavy (non-hydrogen) atoms. The van der Waals surface area contributed by atoms with Gasteiger partial charge in [0.15, 0.2) is 0 Å². The molecule has 1 unspecified atom stereocenters. The Kier molecular flexibility index (Phi) is 2.25. The first-order valence-electron chi connectivity index (χ1n) is 4.85. The molecule has 3 heteroatoms. The Morgan fingerprint density at radius 3 is 3.00 bits per heavy atom. The second-order valence-corrected chi connectivity index (χ2v) is 3.87. The molecule has 0 aliphatic rings. The van der Waals surface area contributed by atoms with E-state index in [0.29, 0.717) is 0 Å². The Morgan fingerprint density at radius 2 is 2.29 bits per heavy atom. The molecule has 0 bridgehead atoms. The first-order chi connectivity index (χ1) is 6.65. The fourth-order valence-electron chi connectivity index (χ4n) is 1.65. The fourth-order valence-corrected chi connectivity index (χ4v) is 1.65. The van der Waals surface area contributed by atoms with Crippen molar-refractivity contribution in [1.82, 2.24) is 9.61 Å². The predicted molar refractivity (Wildman–Crippen MR) is 57.3 cm³/mol. The number of rotatable bonds is 2. The summed E-state index contributed by atoms with van der Waals surface area (Å²) < 4.78 is 1.91. The zero-order valence-corrected chi connectivity index (χ0v) is 8.57. The molecule has 3 nitrogen and oxygen atoms in total. The normalized spacial score (nSPS) is 13.4. The summed E-state index contributed by atoms with van der Waals surface area (Å²) >= 11 is 0. The first kappa shape index (κ1) is 9.21. The summed E-state index contributed by atoms with van der Waals surface area (Å²) in [5.41, 5.74) is 9.16. The van der Waals surface area contributed by atoms with Crippen molar-refractivity contribution < 1.29 is 0 Å². The summed E-state index contributed by atoms with van der Waals surface area (Å²) in [6, 6.07) is 6.46. The minimum Gasteiger partial charge on any atom is -0.328 e. The van der Waals surface area contributed by atoms with Gasteiger partial charge in [-0.1, -0.05) is 6.07 Å². The van der Waals surface area contributed by atoms with E-state index in [-0.39, 0.29) is 6.04 Å². The summed E-state index contributed by atoms with van der Waals surface area (Å²) in [5, 5.41) is 4.36. The molecule has 0 aromatic carbocycles. The Bertz CT molecular complexity index is 443. The maximum Gasteiger partial charge on any atom is 0.0664 e. The SMILES string of the molecule is Cc1cc2ccc(CC(C)N)cn2n1. The molecule has 0 fully saturated rings. The highest BCUT2D eigenvalue weighted by atomic mass is 15.2. The quantitative estimate of drug-likeness (QED) is 0.778. The van der Waals surface area contributed by atoms with E-state index in [2.05, 4.69) is 23.3 Å². The van der Waals surface area contributed by atoms with E-state index in [9.17, 15) is 0 Å². The summed E-state index contributed by atoms with van der Waals surface area (Å²) in [5.74, 6) is 0. The van der Waals surface area contributed by atoms with Crippen LogP contribution in [0, 0.1) is 6.92 Å². The van der Waals surface area contributed by atoms with Crippen LogP contribution in [-0.2, 0) is 6.42 Å². The van der Waals surface area contributed by atoms with Crippen LogP contribution in [0.2, 0.25) is 0 Å². The van der Waals surface area contributed by atoms with E-state index in [1.807, 2.05) is 24.6 Å². The van der Waals surface area contributed by atoms with E-state index in [0.717, 1.165) is 17.6 Å². The van der Waals surface area contributed by atoms with Crippen LogP contribution >= 0.6 is 0 Å². The number of pyridine rings is 1. The summed E-state index contributed by atoms with van der Waals surface area (Å²) in [7, 11) is 0. The molecular weight excluding hydrogens is 174 g/mol. The molecule has 1 atom stereocenters. The van der Waals surface area contributed by atoms with Gasteiger partial charge in [-0.15, -0.1) is 0 Å². The summed E-state index contributed by atoms with van der Waals surface area (Å²) in [6.07, 6.45) is 2.94. The second-order valence-electron chi connectivity index (χ2n) is 3.87. The molecule has 2 rings (SSSR count). The van der Waals surface area contributed by atoms with E-state index in [4.69, 9.17) is 5.73 Å². The summed E-state index contributed by atoms with van der Waals surface area (Å²) in [4.78, 5) is 0. The van der Waals surface area contributed by atoms with Gasteiger partial charge in [-0.3, -0.25) is 0 Å². The minimum absolute atomic E-state index is 0.198. The molecule has 2 aromatic heterocycles. The van der Waals surface area contributed by atoms with Gasteiger partial charge in [0.1, 0.15) is 0 Å². The molecule has 2 heterocycles. The monoisotopic (exact) mass is 189 g/mol. The minimum atomic E-state index is 0.198. The highest BCUT2D eigenvalue weighted by molar-refractivity contribution is 5.48. The Morgan fingerprint density at radius 1 is 1.50 bits per heavy atom. The van der Waals surface area contributed by atoms with Gasteiger partial charge in [0.2, 0.25) is 0 Å². The lowest BCUT2D eigenvalue weighted by atomic mass is 10.1. The van der Waals surface area contributed by atoms with Crippen molar-refractivity contribution >= 4 is 5.52 Å². The van der Waals surface area contributed by atoms with Crippen LogP contribution in [0.4, 0.5) is 0 Å². The van der Waals surface area contributed by atoms with E-state index in [1.165, 1.54) is 5.56 Å². The van der Waals surface area contributed by atoms with E-state index in [1.54, 1.807) is 0 Å². The third kappa shape index (κ3) is 1.77. The van der Waals surface area contributed by atoms with Crippen molar-refractivity contribution in [2.24, 2.45) is 5.73 Å². The average molecular weight is 189 g/mol. The fraction of sp³-hybridized carbons (Fsp3) is 0.364. The van der Waals surface area contributed by atoms with Gasteiger partial charge in [-0.25, -0.2) is 4.52 Å². The lowest BCUT2D eigenvalue weighted by molar-refractivity contribution is 0.731. The number of aromatic nitrogens is 2. The topological polar surface area (TPSA) is 43.3 Å². The highest BCUT2D eigenvalue weighted by Gasteiger charge is 2.01. The van der Waals surface area contributed by atoms with Crippen LogP contribution in [0.1, 0.15) is 18.2 Å². The van der Waals surface area contributed by atoms with Crippen molar-refractivity contribution in [2.45, 2.75) is 26.3 Å². The van der Waals surface area contributed by atoms with Crippen LogP contribution < -0.4 is 5.73 Å². The van der Waals surface area contributed by atoms with Gasteiger partial charge in [0.05, 0.1) is 11.2 Å². The van der Waals surface area contributed by atoms with E-state index < -0.39 is 0 Å². The van der Waals surface area contributed by atoms with Crippen LogP contribution in [-0.4, -0.2) is 15.7 Å². The van der Waals surface area contributed by atoms with Gasteiger partial charge in [-0.2, -0.15) is 5.10 Å². The van der Waals surface area contributed by atoms with Crippen molar-refractivity contribution in [3.05, 3.63) is 35.7 Å². The third-order valence-corrected chi connectivity index (χ3v) is 2.20. The molecular formula is C11H15N3. The van der Waals surface area contributed by atoms with Gasteiger partial charge < -0.3 is 5.73 Å². The smallest absolute Gasteiger partial charge is 0.0664 e. The molecule has 74 valence electrons. The molecule has 0 aliphatic heterocycles. The molecule has 0 saturated heterocycles. The standard InChI is InChI=1S/C11H15N3/c1-8(12)5-10-3-4-11-6-9(2)13-14(11)7-10/h3-4,6-8H,5,12H2,1-2H3. The van der Waals surface area contributed by atoms with Crippen LogP contribution in [0.15, 0.2) is 24.4 Å². The number of nitrogens with zero attached hydrogens (tertiary/aromatic N) is 2. The van der Waals surface area contributed by atoms with Gasteiger partial charge in [0, 0.05) is 12.2 Å². The highest BCUT2D eigenvalue weighted by Crippen LogP contribution is 2.09. The number of hydrogen-bond donors (Lipinski definition) is 1. The number of hydrogen-bond acceptors (Lipinski definition) is 2. The largest absolute Gasteiger partial charge is 0.328 e. The van der Waals surface area contributed by atoms with Crippen molar-refractivity contribution in [2.75, 3.05) is 0 Å². The zero-order valence-electron chi connectivity index (χ0n) is 8.57. The maximum absolute atomic E-state index is 5.74. The Hall–Kier alpha value is -1.35. The Balaban J connectivity index is 2.40. The van der Waals surface area contributed by atoms with Crippen molar-refractivity contribution in [1.29, 1.82) is 0 Å².